The molecule has 0 aliphatic heterocycles. The van der Waals surface area contributed by atoms with Gasteiger partial charge in [0.2, 0.25) is 0 Å². The van der Waals surface area contributed by atoms with Crippen LogP contribution >= 0.6 is 31.9 Å². The standard InChI is InChI=1S/C13H11Br2N/c14-7-8-6-11(8)9-3-4-12(15)10-2-1-5-16-13(9)10/h1-5,8,11H,6-7H2. The molecule has 1 aromatic heterocycles. The van der Waals surface area contributed by atoms with Crippen LogP contribution in [0, 0.1) is 5.92 Å². The Balaban J connectivity index is 2.16. The number of pyridine rings is 1. The molecule has 3 rings (SSSR count). The first-order chi connectivity index (χ1) is 7.81. The van der Waals surface area contributed by atoms with Crippen LogP contribution in [0.1, 0.15) is 17.9 Å². The van der Waals surface area contributed by atoms with Crippen LogP contribution in [-0.4, -0.2) is 10.3 Å². The molecule has 2 unspecified atom stereocenters. The van der Waals surface area contributed by atoms with E-state index in [0.717, 1.165) is 21.2 Å². The maximum Gasteiger partial charge on any atom is 0.0748 e. The summed E-state index contributed by atoms with van der Waals surface area (Å²) in [5, 5.41) is 2.32. The predicted molar refractivity (Wildman–Crippen MR) is 74.1 cm³/mol. The normalized spacial score (nSPS) is 23.6. The number of fused-ring (bicyclic) bond motifs is 1. The van der Waals surface area contributed by atoms with Crippen molar-refractivity contribution in [3.63, 3.8) is 0 Å². The highest BCUT2D eigenvalue weighted by Gasteiger charge is 2.38. The molecule has 1 fully saturated rings. The molecule has 16 heavy (non-hydrogen) atoms. The van der Waals surface area contributed by atoms with Gasteiger partial charge in [0.05, 0.1) is 5.52 Å². The van der Waals surface area contributed by atoms with Crippen LogP contribution in [0.15, 0.2) is 34.9 Å². The zero-order chi connectivity index (χ0) is 11.1. The van der Waals surface area contributed by atoms with Crippen LogP contribution in [0.5, 0.6) is 0 Å². The lowest BCUT2D eigenvalue weighted by molar-refractivity contribution is 0.940. The highest BCUT2D eigenvalue weighted by Crippen LogP contribution is 2.50. The van der Waals surface area contributed by atoms with Gasteiger partial charge in [-0.1, -0.05) is 44.0 Å². The number of aromatic nitrogens is 1. The topological polar surface area (TPSA) is 12.9 Å². The van der Waals surface area contributed by atoms with Crippen molar-refractivity contribution in [2.24, 2.45) is 5.92 Å². The molecule has 2 atom stereocenters. The molecule has 0 amide bonds. The average Bonchev–Trinajstić information content (AvgIpc) is 3.09. The first kappa shape index (κ1) is 10.7. The van der Waals surface area contributed by atoms with E-state index in [1.807, 2.05) is 12.3 Å². The molecule has 82 valence electrons. The van der Waals surface area contributed by atoms with Crippen LogP contribution in [0.3, 0.4) is 0 Å². The number of nitrogens with zero attached hydrogens (tertiary/aromatic N) is 1. The fraction of sp³-hybridized carbons (Fsp3) is 0.308. The molecule has 0 N–H and O–H groups in total. The maximum absolute atomic E-state index is 4.53. The van der Waals surface area contributed by atoms with Crippen LogP contribution in [0.4, 0.5) is 0 Å². The molecule has 1 saturated carbocycles. The Morgan fingerprint density at radius 2 is 2.19 bits per heavy atom. The van der Waals surface area contributed by atoms with Crippen molar-refractivity contribution >= 4 is 42.8 Å². The van der Waals surface area contributed by atoms with Gasteiger partial charge < -0.3 is 0 Å². The predicted octanol–water partition coefficient (Wildman–Crippen LogP) is 4.50. The minimum atomic E-state index is 0.699. The smallest absolute Gasteiger partial charge is 0.0748 e. The summed E-state index contributed by atoms with van der Waals surface area (Å²) in [5.41, 5.74) is 2.56. The molecule has 1 heterocycles. The molecule has 1 aliphatic rings. The lowest BCUT2D eigenvalue weighted by Crippen LogP contribution is -1.90. The summed E-state index contributed by atoms with van der Waals surface area (Å²) in [4.78, 5) is 4.53. The van der Waals surface area contributed by atoms with E-state index in [4.69, 9.17) is 0 Å². The second kappa shape index (κ2) is 4.11. The van der Waals surface area contributed by atoms with E-state index < -0.39 is 0 Å². The third-order valence-corrected chi connectivity index (χ3v) is 4.79. The van der Waals surface area contributed by atoms with Gasteiger partial charge in [0.1, 0.15) is 0 Å². The van der Waals surface area contributed by atoms with Gasteiger partial charge in [-0.2, -0.15) is 0 Å². The summed E-state index contributed by atoms with van der Waals surface area (Å²) >= 11 is 7.15. The van der Waals surface area contributed by atoms with Gasteiger partial charge >= 0.3 is 0 Å². The van der Waals surface area contributed by atoms with Crippen molar-refractivity contribution < 1.29 is 0 Å². The number of alkyl halides is 1. The van der Waals surface area contributed by atoms with Crippen molar-refractivity contribution in [2.75, 3.05) is 5.33 Å². The monoisotopic (exact) mass is 339 g/mol. The lowest BCUT2D eigenvalue weighted by atomic mass is 10.0. The Hall–Kier alpha value is -0.410. The molecular weight excluding hydrogens is 330 g/mol. The fourth-order valence-corrected chi connectivity index (χ4v) is 3.43. The van der Waals surface area contributed by atoms with Crippen LogP contribution < -0.4 is 0 Å². The summed E-state index contributed by atoms with van der Waals surface area (Å²) in [7, 11) is 0. The van der Waals surface area contributed by atoms with Crippen molar-refractivity contribution in [3.8, 4) is 0 Å². The Morgan fingerprint density at radius 1 is 1.31 bits per heavy atom. The van der Waals surface area contributed by atoms with E-state index in [9.17, 15) is 0 Å². The van der Waals surface area contributed by atoms with Gasteiger partial charge in [-0.05, 0) is 36.0 Å². The van der Waals surface area contributed by atoms with E-state index >= 15 is 0 Å². The Bertz CT molecular complexity index is 538. The number of hydrogen-bond acceptors (Lipinski definition) is 1. The number of benzene rings is 1. The first-order valence-corrected chi connectivity index (χ1v) is 7.32. The van der Waals surface area contributed by atoms with Gasteiger partial charge in [-0.25, -0.2) is 0 Å². The fourth-order valence-electron chi connectivity index (χ4n) is 2.26. The van der Waals surface area contributed by atoms with Crippen LogP contribution in [0.2, 0.25) is 0 Å². The average molecular weight is 341 g/mol. The van der Waals surface area contributed by atoms with Gasteiger partial charge in [-0.15, -0.1) is 0 Å². The van der Waals surface area contributed by atoms with Crippen LogP contribution in [0.25, 0.3) is 10.9 Å². The third-order valence-electron chi connectivity index (χ3n) is 3.27. The third kappa shape index (κ3) is 1.70. The molecule has 1 aromatic carbocycles. The van der Waals surface area contributed by atoms with Gasteiger partial charge in [-0.3, -0.25) is 4.98 Å². The number of hydrogen-bond donors (Lipinski definition) is 0. The zero-order valence-electron chi connectivity index (χ0n) is 8.66. The molecule has 1 nitrogen and oxygen atoms in total. The molecule has 1 aliphatic carbocycles. The highest BCUT2D eigenvalue weighted by atomic mass is 79.9. The Morgan fingerprint density at radius 3 is 2.94 bits per heavy atom. The van der Waals surface area contributed by atoms with Gasteiger partial charge in [0.25, 0.3) is 0 Å². The largest absolute Gasteiger partial charge is 0.256 e. The van der Waals surface area contributed by atoms with Crippen molar-refractivity contribution in [2.45, 2.75) is 12.3 Å². The summed E-state index contributed by atoms with van der Waals surface area (Å²) in [6.45, 7) is 0. The zero-order valence-corrected chi connectivity index (χ0v) is 11.8. The summed E-state index contributed by atoms with van der Waals surface area (Å²) in [6.07, 6.45) is 3.17. The first-order valence-electron chi connectivity index (χ1n) is 5.40. The number of rotatable bonds is 2. The molecule has 0 spiro atoms. The molecule has 0 bridgehead atoms. The highest BCUT2D eigenvalue weighted by molar-refractivity contribution is 9.10. The SMILES string of the molecule is BrCC1CC1c1ccc(Br)c2cccnc12. The quantitative estimate of drug-likeness (QED) is 0.734. The summed E-state index contributed by atoms with van der Waals surface area (Å²) < 4.78 is 1.13. The van der Waals surface area contributed by atoms with Gasteiger partial charge in [0, 0.05) is 21.4 Å². The van der Waals surface area contributed by atoms with Crippen LogP contribution in [-0.2, 0) is 0 Å². The molecule has 0 saturated heterocycles. The molecule has 3 heteroatoms. The molecule has 2 aromatic rings. The van der Waals surface area contributed by atoms with E-state index in [-0.39, 0.29) is 0 Å². The Kier molecular flexibility index (Phi) is 2.76. The minimum Gasteiger partial charge on any atom is -0.256 e. The second-order valence-electron chi connectivity index (χ2n) is 4.29. The van der Waals surface area contributed by atoms with Gasteiger partial charge in [0.15, 0.2) is 0 Å². The van der Waals surface area contributed by atoms with E-state index in [1.165, 1.54) is 17.4 Å². The van der Waals surface area contributed by atoms with Crippen molar-refractivity contribution in [3.05, 3.63) is 40.5 Å². The summed E-state index contributed by atoms with van der Waals surface area (Å²) in [6, 6.07) is 8.48. The van der Waals surface area contributed by atoms with E-state index in [0.29, 0.717) is 5.92 Å². The van der Waals surface area contributed by atoms with E-state index in [2.05, 4.69) is 55.0 Å². The summed E-state index contributed by atoms with van der Waals surface area (Å²) in [5.74, 6) is 1.50. The van der Waals surface area contributed by atoms with E-state index in [1.54, 1.807) is 0 Å². The van der Waals surface area contributed by atoms with Crippen molar-refractivity contribution in [1.82, 2.24) is 4.98 Å². The minimum absolute atomic E-state index is 0.699. The maximum atomic E-state index is 4.53. The molecule has 0 radical (unpaired) electrons. The lowest BCUT2D eigenvalue weighted by Gasteiger charge is -2.06. The Labute approximate surface area is 112 Å². The number of halogens is 2. The van der Waals surface area contributed by atoms with Crippen molar-refractivity contribution in [1.29, 1.82) is 0 Å². The molecular formula is C13H11Br2N. The second-order valence-corrected chi connectivity index (χ2v) is 5.79.